The van der Waals surface area contributed by atoms with Crippen molar-refractivity contribution in [1.29, 1.82) is 0 Å². The van der Waals surface area contributed by atoms with E-state index >= 15 is 0 Å². The van der Waals surface area contributed by atoms with Gasteiger partial charge < -0.3 is 13.9 Å². The summed E-state index contributed by atoms with van der Waals surface area (Å²) >= 11 is 0. The molecule has 0 N–H and O–H groups in total. The summed E-state index contributed by atoms with van der Waals surface area (Å²) in [4.78, 5) is 11.2. The molecule has 0 saturated heterocycles. The Bertz CT molecular complexity index is 1880. The lowest BCUT2D eigenvalue weighted by molar-refractivity contribution is 0.619. The molecule has 0 atom stereocenters. The maximum atomic E-state index is 5.93. The molecule has 35 heavy (non-hydrogen) atoms. The Balaban J connectivity index is 1.34. The summed E-state index contributed by atoms with van der Waals surface area (Å²) in [6.45, 7) is 0. The first-order valence-electron chi connectivity index (χ1n) is 11.6. The third-order valence-corrected chi connectivity index (χ3v) is 6.82. The van der Waals surface area contributed by atoms with Crippen LogP contribution in [0.15, 0.2) is 114 Å². The van der Waals surface area contributed by atoms with Gasteiger partial charge in [-0.25, -0.2) is 4.98 Å². The normalized spacial score (nSPS) is 12.5. The van der Waals surface area contributed by atoms with Crippen molar-refractivity contribution >= 4 is 50.1 Å². The van der Waals surface area contributed by atoms with Crippen molar-refractivity contribution in [2.45, 2.75) is 0 Å². The van der Waals surface area contributed by atoms with E-state index in [1.807, 2.05) is 12.1 Å². The van der Waals surface area contributed by atoms with E-state index in [4.69, 9.17) is 4.42 Å². The molecule has 0 aliphatic carbocycles. The van der Waals surface area contributed by atoms with Crippen LogP contribution in [0.5, 0.6) is 0 Å². The molecule has 5 nitrogen and oxygen atoms in total. The third kappa shape index (κ3) is 2.52. The van der Waals surface area contributed by atoms with Gasteiger partial charge in [0.1, 0.15) is 0 Å². The highest BCUT2D eigenvalue weighted by Crippen LogP contribution is 2.49. The monoisotopic (exact) mass is 450 g/mol. The summed E-state index contributed by atoms with van der Waals surface area (Å²) in [6.07, 6.45) is 1.73. The highest BCUT2D eigenvalue weighted by Gasteiger charge is 2.28. The molecule has 0 spiro atoms. The summed E-state index contributed by atoms with van der Waals surface area (Å²) < 4.78 is 8.33. The van der Waals surface area contributed by atoms with Crippen molar-refractivity contribution < 1.29 is 4.42 Å². The molecule has 164 valence electrons. The van der Waals surface area contributed by atoms with Crippen LogP contribution in [0.2, 0.25) is 0 Å². The molecule has 1 aliphatic heterocycles. The average molecular weight is 451 g/mol. The largest absolute Gasteiger partial charge is 0.434 e. The van der Waals surface area contributed by atoms with Crippen LogP contribution < -0.4 is 4.90 Å². The Morgan fingerprint density at radius 3 is 2.29 bits per heavy atom. The summed E-state index contributed by atoms with van der Waals surface area (Å²) in [6, 6.07) is 35.9. The molecule has 8 rings (SSSR count). The first-order valence-corrected chi connectivity index (χ1v) is 11.6. The molecule has 4 aromatic carbocycles. The van der Waals surface area contributed by atoms with Gasteiger partial charge in [0.15, 0.2) is 11.2 Å². The Labute approximate surface area is 200 Å². The van der Waals surface area contributed by atoms with Crippen LogP contribution >= 0.6 is 0 Å². The molecule has 0 saturated carbocycles. The Morgan fingerprint density at radius 1 is 0.629 bits per heavy atom. The van der Waals surface area contributed by atoms with Crippen LogP contribution in [0.3, 0.4) is 0 Å². The summed E-state index contributed by atoms with van der Waals surface area (Å²) in [7, 11) is 0. The number of benzene rings is 4. The lowest BCUT2D eigenvalue weighted by atomic mass is 10.1. The molecule has 1 aliphatic rings. The third-order valence-electron chi connectivity index (χ3n) is 6.82. The fraction of sp³-hybridized carbons (Fsp3) is 0. The minimum atomic E-state index is 0.575. The first kappa shape index (κ1) is 18.5. The number of oxazole rings is 1. The van der Waals surface area contributed by atoms with E-state index in [-0.39, 0.29) is 0 Å². The number of para-hydroxylation sites is 4. The highest BCUT2D eigenvalue weighted by atomic mass is 16.3. The number of pyridine rings is 1. The Morgan fingerprint density at radius 2 is 1.40 bits per heavy atom. The summed E-state index contributed by atoms with van der Waals surface area (Å²) in [5.41, 5.74) is 9.25. The highest BCUT2D eigenvalue weighted by molar-refractivity contribution is 6.16. The van der Waals surface area contributed by atoms with E-state index < -0.39 is 0 Å². The first-order chi connectivity index (χ1) is 17.4. The summed E-state index contributed by atoms with van der Waals surface area (Å²) in [5.74, 6) is 0.575. The van der Waals surface area contributed by atoms with Crippen LogP contribution in [0.25, 0.3) is 50.2 Å². The van der Waals surface area contributed by atoms with Gasteiger partial charge in [0.25, 0.3) is 0 Å². The van der Waals surface area contributed by atoms with Gasteiger partial charge in [-0.3, -0.25) is 0 Å². The zero-order chi connectivity index (χ0) is 22.9. The number of hydrogen-bond donors (Lipinski definition) is 0. The van der Waals surface area contributed by atoms with Gasteiger partial charge in [0.2, 0.25) is 5.89 Å². The van der Waals surface area contributed by atoms with Gasteiger partial charge in [-0.05, 0) is 60.7 Å². The average Bonchev–Trinajstić information content (AvgIpc) is 3.50. The smallest absolute Gasteiger partial charge is 0.228 e. The number of aromatic nitrogens is 3. The zero-order valence-electron chi connectivity index (χ0n) is 18.6. The van der Waals surface area contributed by atoms with Crippen LogP contribution in [-0.2, 0) is 0 Å². The fourth-order valence-electron chi connectivity index (χ4n) is 5.33. The number of nitrogens with zero attached hydrogens (tertiary/aromatic N) is 4. The van der Waals surface area contributed by atoms with E-state index in [1.54, 1.807) is 6.20 Å². The molecular formula is C30H18N4O. The van der Waals surface area contributed by atoms with Gasteiger partial charge in [0.05, 0.1) is 28.1 Å². The standard InChI is InChI=1S/C30H18N4O/c1-2-9-23-21(7-1)22-8-5-12-26-28(22)34(23)25-11-4-3-10-24(25)33(26)20-16-14-19(15-17-20)30-32-29-27(35-30)13-6-18-31-29/h1-18H. The van der Waals surface area contributed by atoms with E-state index in [1.165, 1.54) is 27.5 Å². The molecule has 0 bridgehead atoms. The summed E-state index contributed by atoms with van der Waals surface area (Å²) in [5, 5.41) is 2.52. The predicted octanol–water partition coefficient (Wildman–Crippen LogP) is 7.77. The van der Waals surface area contributed by atoms with Gasteiger partial charge >= 0.3 is 0 Å². The molecular weight excluding hydrogens is 432 g/mol. The van der Waals surface area contributed by atoms with Gasteiger partial charge in [-0.1, -0.05) is 42.5 Å². The number of anilines is 3. The van der Waals surface area contributed by atoms with Gasteiger partial charge in [-0.15, -0.1) is 0 Å². The molecule has 0 radical (unpaired) electrons. The Kier molecular flexibility index (Phi) is 3.60. The molecule has 4 heterocycles. The van der Waals surface area contributed by atoms with Crippen molar-refractivity contribution in [3.05, 3.63) is 109 Å². The maximum Gasteiger partial charge on any atom is 0.228 e. The molecule has 7 aromatic rings. The second kappa shape index (κ2) is 6.81. The molecule has 0 amide bonds. The van der Waals surface area contributed by atoms with E-state index in [9.17, 15) is 0 Å². The molecule has 5 heteroatoms. The topological polar surface area (TPSA) is 47.1 Å². The van der Waals surface area contributed by atoms with Crippen LogP contribution in [-0.4, -0.2) is 14.5 Å². The van der Waals surface area contributed by atoms with Gasteiger partial charge in [-0.2, -0.15) is 4.98 Å². The predicted molar refractivity (Wildman–Crippen MR) is 140 cm³/mol. The number of rotatable bonds is 2. The van der Waals surface area contributed by atoms with Crippen LogP contribution in [0.1, 0.15) is 0 Å². The molecule has 0 fully saturated rings. The number of fused-ring (bicyclic) bond motifs is 6. The van der Waals surface area contributed by atoms with E-state index in [0.29, 0.717) is 17.1 Å². The van der Waals surface area contributed by atoms with Gasteiger partial charge in [0, 0.05) is 28.2 Å². The Hall–Kier alpha value is -4.90. The molecule has 3 aromatic heterocycles. The molecule has 0 unspecified atom stereocenters. The van der Waals surface area contributed by atoms with Crippen LogP contribution in [0.4, 0.5) is 17.1 Å². The van der Waals surface area contributed by atoms with Crippen molar-refractivity contribution in [2.24, 2.45) is 0 Å². The van der Waals surface area contributed by atoms with E-state index in [2.05, 4.69) is 110 Å². The fourth-order valence-corrected chi connectivity index (χ4v) is 5.33. The van der Waals surface area contributed by atoms with Crippen LogP contribution in [0, 0.1) is 0 Å². The minimum Gasteiger partial charge on any atom is -0.434 e. The van der Waals surface area contributed by atoms with Crippen molar-refractivity contribution in [2.75, 3.05) is 4.90 Å². The minimum absolute atomic E-state index is 0.575. The van der Waals surface area contributed by atoms with E-state index in [0.717, 1.165) is 22.6 Å². The lowest BCUT2D eigenvalue weighted by Gasteiger charge is -2.33. The van der Waals surface area contributed by atoms with Crippen molar-refractivity contribution in [3.8, 4) is 17.1 Å². The zero-order valence-corrected chi connectivity index (χ0v) is 18.6. The SMILES string of the molecule is c1ccc2c(c1)N(c1ccc(-c3nc4ncccc4o3)cc1)c1cccc3c4ccccc4n-2c13. The van der Waals surface area contributed by atoms with Crippen molar-refractivity contribution in [1.82, 2.24) is 14.5 Å². The number of hydrogen-bond acceptors (Lipinski definition) is 4. The quantitative estimate of drug-likeness (QED) is 0.270. The second-order valence-corrected chi connectivity index (χ2v) is 8.74. The maximum absolute atomic E-state index is 5.93. The second-order valence-electron chi connectivity index (χ2n) is 8.74. The van der Waals surface area contributed by atoms with Crippen molar-refractivity contribution in [3.63, 3.8) is 0 Å². The lowest BCUT2D eigenvalue weighted by Crippen LogP contribution is -2.17.